The number of carbonyl (C=O) groups excluding carboxylic acids is 1. The van der Waals surface area contributed by atoms with Crippen LogP contribution in [0.25, 0.3) is 0 Å². The summed E-state index contributed by atoms with van der Waals surface area (Å²) < 4.78 is 0. The smallest absolute Gasteiger partial charge is 0.326 e. The summed E-state index contributed by atoms with van der Waals surface area (Å²) in [7, 11) is 1.64. The van der Waals surface area contributed by atoms with Crippen LogP contribution in [-0.4, -0.2) is 58.3 Å². The highest BCUT2D eigenvalue weighted by Crippen LogP contribution is 2.21. The molecule has 0 saturated carbocycles. The highest BCUT2D eigenvalue weighted by atomic mass is 16.4. The fourth-order valence-electron chi connectivity index (χ4n) is 1.74. The van der Waals surface area contributed by atoms with Crippen LogP contribution in [0.4, 0.5) is 0 Å². The number of aliphatic carboxylic acids is 1. The average molecular weight is 230 g/mol. The Morgan fingerprint density at radius 3 is 2.44 bits per heavy atom. The van der Waals surface area contributed by atoms with Gasteiger partial charge in [-0.05, 0) is 20.9 Å². The molecule has 1 aliphatic heterocycles. The topological polar surface area (TPSA) is 89.9 Å². The number of rotatable bonds is 3. The van der Waals surface area contributed by atoms with Gasteiger partial charge < -0.3 is 20.4 Å². The van der Waals surface area contributed by atoms with Gasteiger partial charge in [-0.2, -0.15) is 0 Å². The summed E-state index contributed by atoms with van der Waals surface area (Å²) in [4.78, 5) is 24.2. The van der Waals surface area contributed by atoms with E-state index in [-0.39, 0.29) is 18.9 Å². The van der Waals surface area contributed by atoms with Crippen LogP contribution in [0.2, 0.25) is 0 Å². The van der Waals surface area contributed by atoms with E-state index >= 15 is 0 Å². The maximum Gasteiger partial charge on any atom is 0.326 e. The van der Waals surface area contributed by atoms with Gasteiger partial charge in [0.25, 0.3) is 0 Å². The maximum absolute atomic E-state index is 12.0. The number of aliphatic hydroxyl groups excluding tert-OH is 1. The van der Waals surface area contributed by atoms with E-state index < -0.39 is 23.7 Å². The van der Waals surface area contributed by atoms with E-state index in [4.69, 9.17) is 5.11 Å². The summed E-state index contributed by atoms with van der Waals surface area (Å²) in [5, 5.41) is 21.2. The number of nitrogens with one attached hydrogen (secondary N) is 1. The molecule has 16 heavy (non-hydrogen) atoms. The van der Waals surface area contributed by atoms with Crippen molar-refractivity contribution in [3.63, 3.8) is 0 Å². The fourth-order valence-corrected chi connectivity index (χ4v) is 1.74. The molecule has 1 heterocycles. The van der Waals surface area contributed by atoms with Crippen LogP contribution >= 0.6 is 0 Å². The van der Waals surface area contributed by atoms with Gasteiger partial charge in [-0.3, -0.25) is 4.79 Å². The molecular weight excluding hydrogens is 212 g/mol. The van der Waals surface area contributed by atoms with E-state index in [0.29, 0.717) is 0 Å². The van der Waals surface area contributed by atoms with Crippen molar-refractivity contribution in [1.82, 2.24) is 10.2 Å². The third-order valence-corrected chi connectivity index (χ3v) is 2.98. The SMILES string of the molecule is CNC(C)(C)C(=O)N1C[C@H](O)C[C@@H]1C(=O)O. The quantitative estimate of drug-likeness (QED) is 0.580. The summed E-state index contributed by atoms with van der Waals surface area (Å²) >= 11 is 0. The Kier molecular flexibility index (Phi) is 3.54. The van der Waals surface area contributed by atoms with Gasteiger partial charge in [0.1, 0.15) is 6.04 Å². The van der Waals surface area contributed by atoms with Crippen LogP contribution < -0.4 is 5.32 Å². The molecule has 0 aromatic rings. The molecule has 0 unspecified atom stereocenters. The number of β-amino-alcohol motifs (C(OH)–C–C–N with tert-alkyl or cyclic N) is 1. The van der Waals surface area contributed by atoms with Gasteiger partial charge in [0.2, 0.25) is 5.91 Å². The molecule has 1 amide bonds. The molecule has 3 N–H and O–H groups in total. The fraction of sp³-hybridized carbons (Fsp3) is 0.800. The number of aliphatic hydroxyl groups is 1. The Balaban J connectivity index is 2.86. The average Bonchev–Trinajstić information content (AvgIpc) is 2.59. The summed E-state index contributed by atoms with van der Waals surface area (Å²) in [5.74, 6) is -1.38. The molecule has 1 rings (SSSR count). The van der Waals surface area contributed by atoms with Crippen molar-refractivity contribution >= 4 is 11.9 Å². The number of amides is 1. The van der Waals surface area contributed by atoms with Crippen LogP contribution in [0.15, 0.2) is 0 Å². The zero-order valence-corrected chi connectivity index (χ0v) is 9.73. The standard InChI is InChI=1S/C10H18N2O4/c1-10(2,11-3)9(16)12-5-6(13)4-7(12)8(14)15/h6-7,11,13H,4-5H2,1-3H3,(H,14,15)/t6-,7-/m1/s1. The Morgan fingerprint density at radius 2 is 2.00 bits per heavy atom. The number of likely N-dealkylation sites (tertiary alicyclic amines) is 1. The number of hydrogen-bond donors (Lipinski definition) is 3. The van der Waals surface area contributed by atoms with Gasteiger partial charge in [0.05, 0.1) is 11.6 Å². The van der Waals surface area contributed by atoms with Crippen LogP contribution in [0, 0.1) is 0 Å². The molecule has 0 aromatic heterocycles. The minimum Gasteiger partial charge on any atom is -0.480 e. The van der Waals surface area contributed by atoms with E-state index in [1.54, 1.807) is 20.9 Å². The lowest BCUT2D eigenvalue weighted by Crippen LogP contribution is -2.55. The van der Waals surface area contributed by atoms with E-state index in [2.05, 4.69) is 5.32 Å². The Labute approximate surface area is 94.2 Å². The van der Waals surface area contributed by atoms with E-state index in [1.165, 1.54) is 4.90 Å². The first kappa shape index (κ1) is 12.9. The Morgan fingerprint density at radius 1 is 1.44 bits per heavy atom. The number of carboxylic acid groups (broad SMARTS) is 1. The van der Waals surface area contributed by atoms with Crippen LogP contribution in [0.5, 0.6) is 0 Å². The van der Waals surface area contributed by atoms with Crippen LogP contribution in [0.3, 0.4) is 0 Å². The van der Waals surface area contributed by atoms with Gasteiger partial charge in [-0.25, -0.2) is 4.79 Å². The summed E-state index contributed by atoms with van der Waals surface area (Å²) in [6.07, 6.45) is -0.654. The molecule has 0 radical (unpaired) electrons. The normalized spacial score (nSPS) is 25.9. The molecule has 0 aliphatic carbocycles. The maximum atomic E-state index is 12.0. The molecule has 0 spiro atoms. The van der Waals surface area contributed by atoms with Gasteiger partial charge >= 0.3 is 5.97 Å². The molecular formula is C10H18N2O4. The first-order valence-corrected chi connectivity index (χ1v) is 5.20. The summed E-state index contributed by atoms with van der Waals surface area (Å²) in [6.45, 7) is 3.44. The van der Waals surface area contributed by atoms with E-state index in [1.807, 2.05) is 0 Å². The van der Waals surface area contributed by atoms with Crippen molar-refractivity contribution in [2.24, 2.45) is 0 Å². The largest absolute Gasteiger partial charge is 0.480 e. The van der Waals surface area contributed by atoms with E-state index in [9.17, 15) is 14.7 Å². The molecule has 1 saturated heterocycles. The lowest BCUT2D eigenvalue weighted by Gasteiger charge is -2.31. The highest BCUT2D eigenvalue weighted by Gasteiger charge is 2.43. The van der Waals surface area contributed by atoms with Crippen molar-refractivity contribution < 1.29 is 19.8 Å². The van der Waals surface area contributed by atoms with Crippen molar-refractivity contribution in [3.8, 4) is 0 Å². The van der Waals surface area contributed by atoms with Gasteiger partial charge in [-0.1, -0.05) is 0 Å². The molecule has 1 fully saturated rings. The number of carboxylic acids is 1. The first-order valence-electron chi connectivity index (χ1n) is 5.20. The molecule has 6 heteroatoms. The van der Waals surface area contributed by atoms with E-state index in [0.717, 1.165) is 0 Å². The molecule has 92 valence electrons. The highest BCUT2D eigenvalue weighted by molar-refractivity contribution is 5.90. The van der Waals surface area contributed by atoms with Gasteiger partial charge in [-0.15, -0.1) is 0 Å². The summed E-state index contributed by atoms with van der Waals surface area (Å²) in [5.41, 5.74) is -0.822. The van der Waals surface area contributed by atoms with Crippen molar-refractivity contribution in [3.05, 3.63) is 0 Å². The molecule has 2 atom stereocenters. The second-order valence-electron chi connectivity index (χ2n) is 4.58. The Hall–Kier alpha value is -1.14. The molecule has 1 aliphatic rings. The third-order valence-electron chi connectivity index (χ3n) is 2.98. The van der Waals surface area contributed by atoms with Gasteiger partial charge in [0, 0.05) is 13.0 Å². The van der Waals surface area contributed by atoms with Crippen LogP contribution in [-0.2, 0) is 9.59 Å². The number of carbonyl (C=O) groups is 2. The lowest BCUT2D eigenvalue weighted by molar-refractivity contribution is -0.150. The third kappa shape index (κ3) is 2.33. The van der Waals surface area contributed by atoms with Crippen molar-refractivity contribution in [2.75, 3.05) is 13.6 Å². The number of likely N-dealkylation sites (N-methyl/N-ethyl adjacent to an activating group) is 1. The Bertz CT molecular complexity index is 303. The molecule has 0 aromatic carbocycles. The minimum atomic E-state index is -1.07. The predicted molar refractivity (Wildman–Crippen MR) is 56.9 cm³/mol. The number of nitrogens with zero attached hydrogens (tertiary/aromatic N) is 1. The lowest BCUT2D eigenvalue weighted by atomic mass is 10.0. The molecule has 6 nitrogen and oxygen atoms in total. The minimum absolute atomic E-state index is 0.0842. The predicted octanol–water partition coefficient (Wildman–Crippen LogP) is -0.969. The summed E-state index contributed by atoms with van der Waals surface area (Å²) in [6, 6.07) is -0.921. The first-order chi connectivity index (χ1) is 7.29. The monoisotopic (exact) mass is 230 g/mol. The second kappa shape index (κ2) is 4.39. The van der Waals surface area contributed by atoms with Gasteiger partial charge in [0.15, 0.2) is 0 Å². The van der Waals surface area contributed by atoms with Crippen molar-refractivity contribution in [2.45, 2.75) is 38.0 Å². The zero-order valence-electron chi connectivity index (χ0n) is 9.73. The number of hydrogen-bond acceptors (Lipinski definition) is 4. The van der Waals surface area contributed by atoms with Crippen LogP contribution in [0.1, 0.15) is 20.3 Å². The molecule has 0 bridgehead atoms. The second-order valence-corrected chi connectivity index (χ2v) is 4.58. The van der Waals surface area contributed by atoms with Crippen molar-refractivity contribution in [1.29, 1.82) is 0 Å². The zero-order chi connectivity index (χ0) is 12.5.